The Bertz CT molecular complexity index is 962. The summed E-state index contributed by atoms with van der Waals surface area (Å²) in [5.41, 5.74) is 0.374. The molecule has 0 unspecified atom stereocenters. The summed E-state index contributed by atoms with van der Waals surface area (Å²) < 4.78 is 32.0. The summed E-state index contributed by atoms with van der Waals surface area (Å²) in [6.07, 6.45) is 2.17. The maximum absolute atomic E-state index is 5.33. The Morgan fingerprint density at radius 3 is 1.00 bits per heavy atom. The van der Waals surface area contributed by atoms with Crippen LogP contribution in [0.1, 0.15) is 26.7 Å². The minimum Gasteiger partial charge on any atom is -0.358 e. The molecule has 2 radical (unpaired) electrons. The van der Waals surface area contributed by atoms with Gasteiger partial charge in [-0.05, 0) is 12.8 Å². The summed E-state index contributed by atoms with van der Waals surface area (Å²) >= 11 is 0. The smallest absolute Gasteiger partial charge is 0.358 e. The number of rotatable bonds is 6. The fraction of sp³-hybridized carbons (Fsp3) is 0.588. The second-order valence-electron chi connectivity index (χ2n) is 13.4. The van der Waals surface area contributed by atoms with Crippen molar-refractivity contribution in [3.05, 3.63) is 63.4 Å². The summed E-state index contributed by atoms with van der Waals surface area (Å²) in [6, 6.07) is 18.0. The van der Waals surface area contributed by atoms with Gasteiger partial charge in [0.15, 0.2) is 0 Å². The SMILES string of the molecule is CCC12CO[PH+](OC1)OC2.CCC12CO[PH+](OC1)OC2.C[SiH](C)c1ccccc1[SiH](C)C.C[Si](C)c1ccccc1[Si](C)C.[CH3-].[CH3-].[Ru+2]. The van der Waals surface area contributed by atoms with Gasteiger partial charge in [0, 0.05) is 0 Å². The molecule has 2 aromatic carbocycles. The van der Waals surface area contributed by atoms with Crippen LogP contribution in [0.3, 0.4) is 0 Å². The van der Waals surface area contributed by atoms with E-state index in [1.165, 1.54) is 0 Å². The van der Waals surface area contributed by atoms with E-state index in [0.717, 1.165) is 52.5 Å². The van der Waals surface area contributed by atoms with Gasteiger partial charge in [-0.3, -0.25) is 0 Å². The van der Waals surface area contributed by atoms with Crippen LogP contribution in [-0.4, -0.2) is 74.8 Å². The molecule has 0 aliphatic carbocycles. The Morgan fingerprint density at radius 1 is 0.553 bits per heavy atom. The fourth-order valence-electron chi connectivity index (χ4n) is 5.30. The molecule has 4 bridgehead atoms. The van der Waals surface area contributed by atoms with E-state index in [1.54, 1.807) is 20.7 Å². The molecule has 0 atom stereocenters. The predicted octanol–water partition coefficient (Wildman–Crippen LogP) is 6.42. The van der Waals surface area contributed by atoms with Crippen LogP contribution in [0, 0.1) is 25.7 Å². The van der Waals surface area contributed by atoms with Crippen molar-refractivity contribution >= 4 is 73.1 Å². The van der Waals surface area contributed by atoms with E-state index in [2.05, 4.69) is 115 Å². The molecule has 6 fully saturated rings. The zero-order valence-corrected chi connectivity index (χ0v) is 39.3. The van der Waals surface area contributed by atoms with Crippen LogP contribution in [0.15, 0.2) is 48.5 Å². The van der Waals surface area contributed by atoms with Crippen LogP contribution in [-0.2, 0) is 46.6 Å². The molecule has 6 nitrogen and oxygen atoms in total. The molecule has 13 heteroatoms. The molecule has 268 valence electrons. The van der Waals surface area contributed by atoms with Crippen molar-refractivity contribution in [2.45, 2.75) is 79.1 Å². The number of hydrogen-bond acceptors (Lipinski definition) is 6. The molecular weight excluding hydrogens is 780 g/mol. The third kappa shape index (κ3) is 14.2. The Kier molecular flexibility index (Phi) is 23.5. The second kappa shape index (κ2) is 23.2. The molecule has 6 aliphatic rings. The van der Waals surface area contributed by atoms with Crippen LogP contribution in [0.4, 0.5) is 0 Å². The molecular formula is C34H64O6P2RuSi4+2. The molecule has 6 heterocycles. The fourth-order valence-corrected chi connectivity index (χ4v) is 16.5. The molecule has 0 N–H and O–H groups in total. The first-order chi connectivity index (χ1) is 20.9. The largest absolute Gasteiger partial charge is 2.00 e. The van der Waals surface area contributed by atoms with Crippen molar-refractivity contribution in [3.8, 4) is 0 Å². The maximum Gasteiger partial charge on any atom is 2.00 e. The van der Waals surface area contributed by atoms with Crippen molar-refractivity contribution in [2.75, 3.05) is 39.6 Å². The molecule has 6 saturated heterocycles. The van der Waals surface area contributed by atoms with Crippen LogP contribution >= 0.6 is 17.2 Å². The van der Waals surface area contributed by atoms with Gasteiger partial charge in [0.2, 0.25) is 0 Å². The Hall–Kier alpha value is 0.551. The van der Waals surface area contributed by atoms with E-state index in [1.807, 2.05) is 0 Å². The third-order valence-corrected chi connectivity index (χ3v) is 18.2. The summed E-state index contributed by atoms with van der Waals surface area (Å²) in [6.45, 7) is 28.5. The van der Waals surface area contributed by atoms with Gasteiger partial charge in [0.05, 0.1) is 46.0 Å². The minimum atomic E-state index is -1.27. The van der Waals surface area contributed by atoms with Gasteiger partial charge in [0.25, 0.3) is 0 Å². The van der Waals surface area contributed by atoms with Crippen LogP contribution in [0.2, 0.25) is 52.4 Å². The standard InChI is InChI=1S/C10H18Si2.C10H16Si2.2C6H12O3P.2CH3.Ru/c2*1-11(2)9-7-5-6-8-10(9)12(3)4;2*1-2-6-3-7-10(8-4-6)9-5-6;;;/h5-8,11-12H,1-4H3;5-8H,1-4H3;2*10H,2-5H2,1H3;2*1H3;/q;;2*+1;2*-1;+2. The van der Waals surface area contributed by atoms with Crippen molar-refractivity contribution in [2.24, 2.45) is 10.8 Å². The van der Waals surface area contributed by atoms with Gasteiger partial charge in [-0.1, -0.05) is 136 Å². The van der Waals surface area contributed by atoms with Gasteiger partial charge >= 0.3 is 36.7 Å². The van der Waals surface area contributed by atoms with Gasteiger partial charge in [-0.2, -0.15) is 27.1 Å². The monoisotopic (exact) mass is 844 g/mol. The zero-order valence-electron chi connectivity index (χ0n) is 31.2. The van der Waals surface area contributed by atoms with E-state index in [9.17, 15) is 0 Å². The van der Waals surface area contributed by atoms with Crippen molar-refractivity contribution < 1.29 is 46.6 Å². The van der Waals surface area contributed by atoms with Crippen molar-refractivity contribution in [3.63, 3.8) is 0 Å². The predicted molar refractivity (Wildman–Crippen MR) is 215 cm³/mol. The molecule has 2 aromatic rings. The average Bonchev–Trinajstić information content (AvgIpc) is 3.07. The number of hydrogen-bond donors (Lipinski definition) is 0. The van der Waals surface area contributed by atoms with Crippen LogP contribution in [0.5, 0.6) is 0 Å². The Labute approximate surface area is 311 Å². The van der Waals surface area contributed by atoms with Crippen LogP contribution < -0.4 is 20.7 Å². The van der Waals surface area contributed by atoms with Gasteiger partial charge in [-0.15, -0.1) is 0 Å². The van der Waals surface area contributed by atoms with Gasteiger partial charge in [0.1, 0.15) is 39.6 Å². The average molecular weight is 844 g/mol. The third-order valence-electron chi connectivity index (χ3n) is 8.72. The van der Waals surface area contributed by atoms with Crippen molar-refractivity contribution in [1.82, 2.24) is 0 Å². The molecule has 0 amide bonds. The summed E-state index contributed by atoms with van der Waals surface area (Å²) in [4.78, 5) is 0. The molecule has 47 heavy (non-hydrogen) atoms. The molecule has 6 aliphatic heterocycles. The molecule has 0 saturated carbocycles. The normalized spacial score (nSPS) is 25.2. The summed E-state index contributed by atoms with van der Waals surface area (Å²) in [7, 11) is -4.24. The minimum absolute atomic E-state index is 0. The van der Waals surface area contributed by atoms with E-state index in [0.29, 0.717) is 0 Å². The van der Waals surface area contributed by atoms with E-state index >= 15 is 0 Å². The summed E-state index contributed by atoms with van der Waals surface area (Å²) in [5, 5.41) is 6.67. The quantitative estimate of drug-likeness (QED) is 0.190. The van der Waals surface area contributed by atoms with E-state index < -0.39 is 34.8 Å². The van der Waals surface area contributed by atoms with Gasteiger partial charge < -0.3 is 14.9 Å². The second-order valence-corrected chi connectivity index (χ2v) is 27.1. The van der Waals surface area contributed by atoms with Gasteiger partial charge in [-0.25, -0.2) is 0 Å². The Morgan fingerprint density at radius 2 is 0.809 bits per heavy atom. The van der Waals surface area contributed by atoms with E-state index in [-0.39, 0.29) is 62.8 Å². The molecule has 0 spiro atoms. The number of fused-ring (bicyclic) bond motifs is 6. The first kappa shape index (κ1) is 47.6. The number of benzene rings is 2. The van der Waals surface area contributed by atoms with Crippen molar-refractivity contribution in [1.29, 1.82) is 0 Å². The first-order valence-electron chi connectivity index (χ1n) is 16.2. The first-order valence-corrected chi connectivity index (χ1v) is 29.5. The maximum atomic E-state index is 5.33. The topological polar surface area (TPSA) is 55.4 Å². The van der Waals surface area contributed by atoms with Crippen LogP contribution in [0.25, 0.3) is 0 Å². The van der Waals surface area contributed by atoms with E-state index in [4.69, 9.17) is 27.1 Å². The molecule has 0 aromatic heterocycles. The summed E-state index contributed by atoms with van der Waals surface area (Å²) in [5.74, 6) is 0. The molecule has 8 rings (SSSR count). The Balaban J connectivity index is 0.000000589. The zero-order chi connectivity index (χ0) is 32.3.